The van der Waals surface area contributed by atoms with E-state index in [1.165, 1.54) is 26.6 Å². The molecule has 5 heterocycles. The zero-order chi connectivity index (χ0) is 32.5. The van der Waals surface area contributed by atoms with Crippen molar-refractivity contribution >= 4 is 60.9 Å². The molecule has 3 aliphatic rings. The summed E-state index contributed by atoms with van der Waals surface area (Å²) in [5.74, 6) is -0.314. The molecule has 17 heteroatoms. The number of halogens is 1. The average Bonchev–Trinajstić information content (AvgIpc) is 3.78. The lowest BCUT2D eigenvalue weighted by Crippen LogP contribution is -2.55. The van der Waals surface area contributed by atoms with Crippen LogP contribution in [0.3, 0.4) is 0 Å². The average molecular weight is 703 g/mol. The van der Waals surface area contributed by atoms with E-state index >= 15 is 0 Å². The van der Waals surface area contributed by atoms with Gasteiger partial charge in [-0.25, -0.2) is 16.8 Å². The zero-order valence-electron chi connectivity index (χ0n) is 25.5. The fraction of sp³-hybridized carbons (Fsp3) is 0.607. The normalized spacial score (nSPS) is 23.7. The van der Waals surface area contributed by atoms with Crippen LogP contribution in [-0.2, 0) is 29.6 Å². The van der Waals surface area contributed by atoms with E-state index in [-0.39, 0.29) is 35.2 Å². The molecule has 3 aliphatic heterocycles. The molecule has 248 valence electrons. The molecule has 1 unspecified atom stereocenters. The van der Waals surface area contributed by atoms with Crippen molar-refractivity contribution in [3.63, 3.8) is 0 Å². The molecule has 2 amide bonds. The maximum absolute atomic E-state index is 13.4. The molecule has 0 radical (unpaired) electrons. The van der Waals surface area contributed by atoms with Crippen molar-refractivity contribution in [2.75, 3.05) is 46.3 Å². The second kappa shape index (κ2) is 13.8. The number of aryl methyl sites for hydroxylation is 2. The van der Waals surface area contributed by atoms with Crippen LogP contribution >= 0.6 is 22.9 Å². The lowest BCUT2D eigenvalue weighted by atomic mass is 10.1. The number of amides is 2. The molecule has 0 saturated carbocycles. The molecule has 2 aromatic rings. The van der Waals surface area contributed by atoms with Gasteiger partial charge in [-0.05, 0) is 70.7 Å². The quantitative estimate of drug-likeness (QED) is 0.372. The molecular formula is C28H39ClN6O7S3. The largest absolute Gasteiger partial charge is 0.360 e. The number of nitrogens with one attached hydrogen (secondary N) is 1. The summed E-state index contributed by atoms with van der Waals surface area (Å²) in [7, 11) is -6.08. The van der Waals surface area contributed by atoms with Gasteiger partial charge in [-0.1, -0.05) is 16.8 Å². The molecule has 45 heavy (non-hydrogen) atoms. The third kappa shape index (κ3) is 7.80. The Bertz CT molecular complexity index is 1640. The van der Waals surface area contributed by atoms with Gasteiger partial charge >= 0.3 is 0 Å². The zero-order valence-corrected chi connectivity index (χ0v) is 28.7. The molecule has 5 rings (SSSR count). The molecule has 2 aromatic heterocycles. The van der Waals surface area contributed by atoms with Crippen molar-refractivity contribution in [3.8, 4) is 0 Å². The summed E-state index contributed by atoms with van der Waals surface area (Å²) >= 11 is 7.15. The summed E-state index contributed by atoms with van der Waals surface area (Å²) in [6.45, 7) is 5.90. The summed E-state index contributed by atoms with van der Waals surface area (Å²) in [6, 6.07) is 2.16. The first-order valence-electron chi connectivity index (χ1n) is 14.9. The Balaban J connectivity index is 1.14. The number of aromatic nitrogens is 1. The topological polar surface area (TPSA) is 153 Å². The van der Waals surface area contributed by atoms with Crippen molar-refractivity contribution in [1.29, 1.82) is 0 Å². The fourth-order valence-corrected chi connectivity index (χ4v) is 10.1. The van der Waals surface area contributed by atoms with Crippen molar-refractivity contribution in [1.82, 2.24) is 28.9 Å². The smallest absolute Gasteiger partial charge is 0.248 e. The summed E-state index contributed by atoms with van der Waals surface area (Å²) in [6.07, 6.45) is 4.67. The van der Waals surface area contributed by atoms with Crippen LogP contribution in [0.15, 0.2) is 27.0 Å². The predicted molar refractivity (Wildman–Crippen MR) is 171 cm³/mol. The minimum atomic E-state index is -3.89. The Morgan fingerprint density at radius 2 is 1.91 bits per heavy atom. The highest BCUT2D eigenvalue weighted by Gasteiger charge is 2.39. The van der Waals surface area contributed by atoms with Crippen LogP contribution in [0.5, 0.6) is 0 Å². The van der Waals surface area contributed by atoms with Gasteiger partial charge in [0.1, 0.15) is 16.6 Å². The molecule has 1 N–H and O–H groups in total. The first kappa shape index (κ1) is 34.0. The summed E-state index contributed by atoms with van der Waals surface area (Å²) in [5.41, 5.74) is 0.335. The maximum Gasteiger partial charge on any atom is 0.248 e. The van der Waals surface area contributed by atoms with Crippen LogP contribution in [0.2, 0.25) is 4.34 Å². The summed E-state index contributed by atoms with van der Waals surface area (Å²) in [5, 5.41) is 4.82. The third-order valence-electron chi connectivity index (χ3n) is 8.70. The Labute approximate surface area is 273 Å². The van der Waals surface area contributed by atoms with E-state index in [1.54, 1.807) is 33.0 Å². The monoisotopic (exact) mass is 702 g/mol. The number of rotatable bonds is 11. The minimum absolute atomic E-state index is 0.0502. The van der Waals surface area contributed by atoms with Gasteiger partial charge in [0, 0.05) is 55.6 Å². The first-order chi connectivity index (χ1) is 21.2. The van der Waals surface area contributed by atoms with Gasteiger partial charge in [0.15, 0.2) is 5.76 Å². The standard InChI is InChI=1S/C28H39ClN6O7S3/c1-19-27(20(2)42-30-19)45(40,41)32(3)21-10-14-33(16-21)17-22-6-4-13-35(22)26(36)18-34-12-5-7-24(28(34)37)31-44(38,39)15-11-23-8-9-25(29)43-23/h8-9,11,15,21-22,24,31H,4-7,10,12-14,16-18H2,1-3H3/b15-11+/t21?,22-,24-/m0/s1. The van der Waals surface area contributed by atoms with E-state index in [0.29, 0.717) is 66.9 Å². The number of hydrogen-bond donors (Lipinski definition) is 1. The van der Waals surface area contributed by atoms with E-state index in [4.69, 9.17) is 16.1 Å². The number of likely N-dealkylation sites (tertiary alicyclic amines) is 3. The van der Waals surface area contributed by atoms with Crippen molar-refractivity contribution in [3.05, 3.63) is 38.2 Å². The number of sulfonamides is 2. The van der Waals surface area contributed by atoms with Crippen molar-refractivity contribution < 1.29 is 30.9 Å². The summed E-state index contributed by atoms with van der Waals surface area (Å²) < 4.78 is 61.4. The van der Waals surface area contributed by atoms with E-state index < -0.39 is 32.0 Å². The van der Waals surface area contributed by atoms with E-state index in [9.17, 15) is 26.4 Å². The molecule has 0 aliphatic carbocycles. The molecule has 0 spiro atoms. The molecule has 0 bridgehead atoms. The van der Waals surface area contributed by atoms with Crippen LogP contribution in [0.1, 0.15) is 48.4 Å². The molecule has 13 nitrogen and oxygen atoms in total. The van der Waals surface area contributed by atoms with Gasteiger partial charge in [0.2, 0.25) is 31.9 Å². The Hall–Kier alpha value is -2.34. The lowest BCUT2D eigenvalue weighted by Gasteiger charge is -2.34. The number of thiophene rings is 1. The van der Waals surface area contributed by atoms with E-state index in [2.05, 4.69) is 14.8 Å². The number of nitrogens with zero attached hydrogens (tertiary/aromatic N) is 5. The SMILES string of the molecule is Cc1noc(C)c1S(=O)(=O)N(C)C1CCN(C[C@@H]2CCCN2C(=O)CN2CCC[C@H](NS(=O)(=O)/C=C/c3ccc(Cl)s3)C2=O)C1. The van der Waals surface area contributed by atoms with Gasteiger partial charge in [-0.15, -0.1) is 11.3 Å². The first-order valence-corrected chi connectivity index (χ1v) is 19.1. The van der Waals surface area contributed by atoms with Crippen molar-refractivity contribution in [2.45, 2.75) is 69.0 Å². The van der Waals surface area contributed by atoms with Crippen LogP contribution in [-0.4, -0.2) is 117 Å². The summed E-state index contributed by atoms with van der Waals surface area (Å²) in [4.78, 5) is 32.9. The highest BCUT2D eigenvalue weighted by molar-refractivity contribution is 7.92. The van der Waals surface area contributed by atoms with Gasteiger partial charge in [0.05, 0.1) is 10.9 Å². The number of piperidine rings is 1. The van der Waals surface area contributed by atoms with Crippen LogP contribution in [0, 0.1) is 13.8 Å². The molecule has 3 atom stereocenters. The molecular weight excluding hydrogens is 664 g/mol. The highest BCUT2D eigenvalue weighted by Crippen LogP contribution is 2.28. The Morgan fingerprint density at radius 1 is 1.16 bits per heavy atom. The second-order valence-corrected chi connectivity index (χ2v) is 17.1. The molecule has 3 fully saturated rings. The van der Waals surface area contributed by atoms with Crippen LogP contribution in [0.25, 0.3) is 6.08 Å². The number of carbonyl (C=O) groups excluding carboxylic acids is 2. The maximum atomic E-state index is 13.4. The molecule has 0 aromatic carbocycles. The fourth-order valence-electron chi connectivity index (χ4n) is 6.38. The Morgan fingerprint density at radius 3 is 2.60 bits per heavy atom. The second-order valence-electron chi connectivity index (χ2n) is 11.8. The van der Waals surface area contributed by atoms with E-state index in [0.717, 1.165) is 18.2 Å². The van der Waals surface area contributed by atoms with Gasteiger partial charge in [0.25, 0.3) is 0 Å². The number of likely N-dealkylation sites (N-methyl/N-ethyl adjacent to an activating group) is 1. The van der Waals surface area contributed by atoms with Gasteiger partial charge in [-0.2, -0.15) is 9.03 Å². The van der Waals surface area contributed by atoms with Gasteiger partial charge < -0.3 is 14.3 Å². The lowest BCUT2D eigenvalue weighted by molar-refractivity contribution is -0.143. The minimum Gasteiger partial charge on any atom is -0.360 e. The van der Waals surface area contributed by atoms with Crippen LogP contribution < -0.4 is 4.72 Å². The van der Waals surface area contributed by atoms with Crippen molar-refractivity contribution in [2.24, 2.45) is 0 Å². The number of hydrogen-bond acceptors (Lipinski definition) is 10. The highest BCUT2D eigenvalue weighted by atomic mass is 35.5. The van der Waals surface area contributed by atoms with Crippen LogP contribution in [0.4, 0.5) is 0 Å². The third-order valence-corrected chi connectivity index (χ3v) is 13.2. The number of carbonyl (C=O) groups is 2. The van der Waals surface area contributed by atoms with Gasteiger partial charge in [-0.3, -0.25) is 14.5 Å². The molecule has 3 saturated heterocycles. The predicted octanol–water partition coefficient (Wildman–Crippen LogP) is 2.27. The Kier molecular flexibility index (Phi) is 10.4. The van der Waals surface area contributed by atoms with E-state index in [1.807, 2.05) is 4.90 Å².